The van der Waals surface area contributed by atoms with Gasteiger partial charge in [0, 0.05) is 99.0 Å². The Morgan fingerprint density at radius 2 is 0.660 bits per heavy atom. The SMILES string of the molecule is CC(C)(c1ccc(CNC(=O)c2sc3nnc4c(c3c2N)CCCC4)cc1)C(F)(F)F.CC(F)(F)S(=O)(=O)c1ccc(CNC(=O)c2sc3nnc4c(c3c2N)CCCC4)cc1.Cc1nnc2sc(C(=O)NCc3ccc(=O)n(C)c3)c(N)c2c1C.Cc1nnc2sc(C(=O)NCc3ccc(C(C)(C)C(F)(F)F)cc3)c(N)c2c1C.Cc1nnc2sc(C(=O)NCc3ccc(C(C)(F)F)nc3)c(N)c2c1C. The van der Waals surface area contributed by atoms with Gasteiger partial charge in [-0.1, -0.05) is 72.8 Å². The highest BCUT2D eigenvalue weighted by molar-refractivity contribution is 7.92. The van der Waals surface area contributed by atoms with Gasteiger partial charge in [0.25, 0.3) is 35.5 Å². The Balaban J connectivity index is 0.000000149. The Hall–Kier alpha value is -13.4. The number of sulfone groups is 1. The van der Waals surface area contributed by atoms with Crippen molar-refractivity contribution in [2.24, 2.45) is 7.05 Å². The molecule has 15 aromatic rings. The summed E-state index contributed by atoms with van der Waals surface area (Å²) in [6.45, 7) is 17.8. The molecule has 0 fully saturated rings. The van der Waals surface area contributed by atoms with Crippen molar-refractivity contribution in [1.82, 2.24) is 87.1 Å². The van der Waals surface area contributed by atoms with Crippen molar-refractivity contribution < 1.29 is 76.3 Å². The van der Waals surface area contributed by atoms with Crippen LogP contribution in [0.15, 0.2) is 119 Å². The van der Waals surface area contributed by atoms with Gasteiger partial charge in [0.1, 0.15) is 54.2 Å². The molecule has 0 atom stereocenters. The van der Waals surface area contributed by atoms with E-state index >= 15 is 0 Å². The topological polar surface area (TPSA) is 474 Å². The second-order valence-corrected chi connectivity index (χ2v) is 42.1. The van der Waals surface area contributed by atoms with Crippen LogP contribution < -0.4 is 60.8 Å². The molecule has 0 saturated heterocycles. The molecule has 2 aliphatic carbocycles. The van der Waals surface area contributed by atoms with E-state index in [9.17, 15) is 81.1 Å². The predicted octanol–water partition coefficient (Wildman–Crippen LogP) is 17.9. The van der Waals surface area contributed by atoms with Crippen LogP contribution in [0.4, 0.5) is 72.3 Å². The van der Waals surface area contributed by atoms with Gasteiger partial charge in [0.05, 0.1) is 72.6 Å². The summed E-state index contributed by atoms with van der Waals surface area (Å²) >= 11 is 5.95. The number of hydrogen-bond donors (Lipinski definition) is 10. The van der Waals surface area contributed by atoms with Crippen LogP contribution in [0.1, 0.15) is 217 Å². The molecule has 0 saturated carbocycles. The van der Waals surface area contributed by atoms with Crippen LogP contribution in [-0.4, -0.2) is 116 Å². The number of carbonyl (C=O) groups excluding carboxylic acids is 5. The Labute approximate surface area is 820 Å². The first-order valence-corrected chi connectivity index (χ1v) is 49.4. The third-order valence-electron chi connectivity index (χ3n) is 24.5. The molecule has 5 amide bonds. The minimum atomic E-state index is -4.74. The normalized spacial score (nSPS) is 12.9. The van der Waals surface area contributed by atoms with E-state index in [4.69, 9.17) is 28.7 Å². The number of aryl methyl sites for hydroxylation is 11. The molecule has 0 aliphatic heterocycles. The lowest BCUT2D eigenvalue weighted by atomic mass is 9.83. The fourth-order valence-corrected chi connectivity index (χ4v) is 21.1. The number of nitrogen functional groups attached to an aromatic ring is 5. The molecule has 2 aliphatic rings. The van der Waals surface area contributed by atoms with Gasteiger partial charge in [-0.2, -0.15) is 69.4 Å². The van der Waals surface area contributed by atoms with E-state index in [0.29, 0.717) is 113 Å². The maximum atomic E-state index is 13.3. The lowest BCUT2D eigenvalue weighted by Crippen LogP contribution is -2.36. The molecule has 30 nitrogen and oxygen atoms in total. The first-order valence-electron chi connectivity index (χ1n) is 43.8. The molecule has 141 heavy (non-hydrogen) atoms. The largest absolute Gasteiger partial charge is 0.397 e. The quantitative estimate of drug-likeness (QED) is 0.0317. The number of nitrogens with one attached hydrogen (secondary N) is 5. The molecule has 12 aromatic heterocycles. The molecule has 0 radical (unpaired) electrons. The number of benzene rings is 3. The van der Waals surface area contributed by atoms with E-state index in [0.717, 1.165) is 198 Å². The molecule has 15 N–H and O–H groups in total. The number of fused-ring (bicyclic) bond motifs is 9. The number of carbonyl (C=O) groups is 5. The summed E-state index contributed by atoms with van der Waals surface area (Å²) in [5.74, 6) is -4.69. The molecular weight excluding hydrogens is 1960 g/mol. The molecule has 742 valence electrons. The number of halogens is 10. The summed E-state index contributed by atoms with van der Waals surface area (Å²) < 4.78 is 157. The molecule has 0 unspecified atom stereocenters. The zero-order valence-corrected chi connectivity index (χ0v) is 83.2. The fraction of sp³-hybridized carbons (Fsp3) is 0.337. The van der Waals surface area contributed by atoms with E-state index < -0.39 is 49.1 Å². The number of alkyl halides is 10. The number of hydrogen-bond acceptors (Lipinski definition) is 29. The van der Waals surface area contributed by atoms with Crippen molar-refractivity contribution in [3.05, 3.63) is 245 Å². The lowest BCUT2D eigenvalue weighted by molar-refractivity contribution is -0.180. The number of nitrogens with zero attached hydrogens (tertiary/aromatic N) is 12. The summed E-state index contributed by atoms with van der Waals surface area (Å²) in [6, 6.07) is 23.0. The van der Waals surface area contributed by atoms with Crippen molar-refractivity contribution >= 4 is 176 Å². The van der Waals surface area contributed by atoms with Crippen LogP contribution in [0.3, 0.4) is 0 Å². The lowest BCUT2D eigenvalue weighted by Gasteiger charge is -2.28. The number of nitrogens with two attached hydrogens (primary N) is 5. The van der Waals surface area contributed by atoms with Crippen LogP contribution in [0, 0.1) is 41.5 Å². The molecule has 17 rings (SSSR count). The monoisotopic (exact) mass is 2060 g/mol. The van der Waals surface area contributed by atoms with Crippen molar-refractivity contribution in [2.75, 3.05) is 28.7 Å². The van der Waals surface area contributed by atoms with Gasteiger partial charge in [-0.3, -0.25) is 33.8 Å². The second kappa shape index (κ2) is 41.8. The van der Waals surface area contributed by atoms with Gasteiger partial charge in [-0.15, -0.1) is 82.2 Å². The average molecular weight is 2060 g/mol. The maximum Gasteiger partial charge on any atom is 0.397 e. The van der Waals surface area contributed by atoms with E-state index in [1.165, 1.54) is 111 Å². The van der Waals surface area contributed by atoms with E-state index in [1.54, 1.807) is 43.6 Å². The summed E-state index contributed by atoms with van der Waals surface area (Å²) in [5.41, 5.74) is 41.5. The molecule has 0 spiro atoms. The summed E-state index contributed by atoms with van der Waals surface area (Å²) in [4.78, 5) is 82.6. The van der Waals surface area contributed by atoms with Crippen LogP contribution in [-0.2, 0) is 92.0 Å². The summed E-state index contributed by atoms with van der Waals surface area (Å²) in [7, 11) is -3.08. The van der Waals surface area contributed by atoms with Gasteiger partial charge in [0.2, 0.25) is 15.4 Å². The number of anilines is 5. The van der Waals surface area contributed by atoms with Gasteiger partial charge < -0.3 is 59.8 Å². The van der Waals surface area contributed by atoms with E-state index in [2.05, 4.69) is 82.6 Å². The van der Waals surface area contributed by atoms with Crippen molar-refractivity contribution in [1.29, 1.82) is 0 Å². The minimum Gasteiger partial charge on any atom is -0.397 e. The third kappa shape index (κ3) is 22.6. The summed E-state index contributed by atoms with van der Waals surface area (Å²) in [6.07, 6.45) is 2.01. The molecule has 12 heterocycles. The van der Waals surface area contributed by atoms with Crippen LogP contribution in [0.2, 0.25) is 0 Å². The Morgan fingerprint density at radius 1 is 0.376 bits per heavy atom. The van der Waals surface area contributed by atoms with E-state index in [-0.39, 0.29) is 78.1 Å². The van der Waals surface area contributed by atoms with Gasteiger partial charge in [0.15, 0.2) is 0 Å². The minimum absolute atomic E-state index is 0.0825. The van der Waals surface area contributed by atoms with E-state index in [1.807, 2.05) is 41.5 Å². The zero-order valence-electron chi connectivity index (χ0n) is 78.3. The van der Waals surface area contributed by atoms with Gasteiger partial charge >= 0.3 is 17.6 Å². The Morgan fingerprint density at radius 3 is 0.965 bits per heavy atom. The van der Waals surface area contributed by atoms with Crippen LogP contribution in [0.5, 0.6) is 0 Å². The van der Waals surface area contributed by atoms with Crippen LogP contribution >= 0.6 is 56.7 Å². The summed E-state index contributed by atoms with van der Waals surface area (Å²) in [5, 5.41) is 55.4. The fourth-order valence-electron chi connectivity index (χ4n) is 15.2. The first-order chi connectivity index (χ1) is 66.2. The molecular formula is C95H98F10N22O8S6. The number of pyridine rings is 2. The van der Waals surface area contributed by atoms with Crippen molar-refractivity contribution in [2.45, 2.75) is 206 Å². The highest BCUT2D eigenvalue weighted by Crippen LogP contribution is 2.46. The number of rotatable bonds is 20. The third-order valence-corrected chi connectivity index (χ3v) is 31.7. The van der Waals surface area contributed by atoms with Gasteiger partial charge in [-0.05, 0) is 206 Å². The number of aromatic nitrogens is 12. The number of amides is 5. The maximum absolute atomic E-state index is 13.3. The number of thiophene rings is 5. The average Bonchev–Trinajstić information content (AvgIpc) is 1.63. The van der Waals surface area contributed by atoms with Gasteiger partial charge in [-0.25, -0.2) is 8.42 Å². The predicted molar refractivity (Wildman–Crippen MR) is 527 cm³/mol. The highest BCUT2D eigenvalue weighted by atomic mass is 32.2. The first kappa shape index (κ1) is 105. The zero-order chi connectivity index (χ0) is 103. The smallest absolute Gasteiger partial charge is 0.397 e. The molecule has 3 aromatic carbocycles. The van der Waals surface area contributed by atoms with Crippen molar-refractivity contribution in [3.63, 3.8) is 0 Å². The van der Waals surface area contributed by atoms with Crippen molar-refractivity contribution in [3.8, 4) is 0 Å². The highest BCUT2D eigenvalue weighted by Gasteiger charge is 2.50. The molecule has 0 bridgehead atoms. The molecule has 46 heteroatoms. The standard InChI is InChI=1S/C22H23F3N4OS.C20H21F3N4OS.C20H20F2N4O3S2.C17H17F2N5OS.C16H17N5O2S/c1-21(2,22(23,24)25)13-9-7-12(8-10-13)11-27-19(30)18-17(26)16-14-5-3-4-6-15(14)28-29-20(16)31-18;1-10-11(2)26-27-18-14(10)15(24)16(29-18)17(28)25-9-12-5-7-13(8-6-12)19(3,4)20(21,22)23;1-20(21,22)31(28,29)12-8-6-11(7-9-12)10-24-18(27)17-16(23)15-13-4-2-3-5-14(13)25-26-19(15)30-17;1-8-9(2)23-24-16-12(8)13(20)14(26-16)15(25)22-7-10-4-5-11(21-6-10)17(3,18)19;1-8-9(2)19-20-16-12(8)13(17)14(24-16)15(23)18-6-10-4-5-11(22)21(3)7-10/h7-10H,3-6,11,26H2,1-2H3,(H,27,30);5-8H,9,24H2,1-4H3,(H,25,28);6-9H,2-5,10,23H2,1H3,(H,24,27);4-6H,7,20H2,1-3H3,(H,22,25);4-5,7H,6,17H2,1-3H3,(H,18,23). The van der Waals surface area contributed by atoms with Crippen LogP contribution in [0.25, 0.3) is 51.1 Å². The Kier molecular flexibility index (Phi) is 31.1. The second-order valence-electron chi connectivity index (χ2n) is 35.0. The Bertz CT molecular complexity index is 7500.